The topological polar surface area (TPSA) is 114 Å². The van der Waals surface area contributed by atoms with E-state index in [0.29, 0.717) is 12.0 Å². The van der Waals surface area contributed by atoms with E-state index in [1.165, 1.54) is 19.1 Å². The van der Waals surface area contributed by atoms with E-state index in [9.17, 15) is 18.0 Å². The quantitative estimate of drug-likeness (QED) is 0.499. The van der Waals surface area contributed by atoms with E-state index in [1.807, 2.05) is 13.8 Å². The van der Waals surface area contributed by atoms with Gasteiger partial charge < -0.3 is 10.1 Å². The van der Waals surface area contributed by atoms with Gasteiger partial charge in [0.1, 0.15) is 5.84 Å². The number of ether oxygens (including phenoxy) is 1. The number of hydrogen-bond acceptors (Lipinski definition) is 6. The molecule has 1 aliphatic heterocycles. The number of carbonyl (C=O) groups excluding carboxylic acids is 2. The number of nitrogens with one attached hydrogen (secondary N) is 2. The van der Waals surface area contributed by atoms with E-state index < -0.39 is 34.0 Å². The lowest BCUT2D eigenvalue weighted by atomic mass is 9.99. The zero-order valence-corrected chi connectivity index (χ0v) is 17.0. The molecule has 3 atom stereocenters. The molecule has 0 radical (unpaired) electrons. The molecule has 1 amide bonds. The van der Waals surface area contributed by atoms with Crippen molar-refractivity contribution in [3.63, 3.8) is 0 Å². The molecule has 0 spiro atoms. The predicted octanol–water partition coefficient (Wildman–Crippen LogP) is 1.37. The second-order valence-corrected chi connectivity index (χ2v) is 8.17. The summed E-state index contributed by atoms with van der Waals surface area (Å²) < 4.78 is 32.2. The Morgan fingerprint density at radius 2 is 2.00 bits per heavy atom. The number of benzene rings is 1. The third-order valence-corrected chi connectivity index (χ3v) is 5.84. The number of carbonyl (C=O) groups is 2. The van der Waals surface area contributed by atoms with E-state index in [2.05, 4.69) is 21.6 Å². The van der Waals surface area contributed by atoms with Crippen molar-refractivity contribution in [1.29, 1.82) is 0 Å². The van der Waals surface area contributed by atoms with Crippen LogP contribution in [0, 0.1) is 5.92 Å². The van der Waals surface area contributed by atoms with Gasteiger partial charge in [0.05, 0.1) is 4.90 Å². The van der Waals surface area contributed by atoms with Crippen LogP contribution in [-0.4, -0.2) is 44.8 Å². The van der Waals surface area contributed by atoms with E-state index in [4.69, 9.17) is 4.74 Å². The predicted molar refractivity (Wildman–Crippen MR) is 105 cm³/mol. The first-order chi connectivity index (χ1) is 13.2. The fourth-order valence-corrected chi connectivity index (χ4v) is 3.86. The molecule has 1 aromatic carbocycles. The summed E-state index contributed by atoms with van der Waals surface area (Å²) in [6.45, 7) is 8.93. The summed E-state index contributed by atoms with van der Waals surface area (Å²) in [6.07, 6.45) is 1.12. The van der Waals surface area contributed by atoms with Gasteiger partial charge in [-0.05, 0) is 25.0 Å². The van der Waals surface area contributed by atoms with Gasteiger partial charge in [0.2, 0.25) is 0 Å². The van der Waals surface area contributed by atoms with Gasteiger partial charge in [0.15, 0.2) is 12.1 Å². The zero-order valence-electron chi connectivity index (χ0n) is 16.1. The zero-order chi connectivity index (χ0) is 20.9. The number of aliphatic imine (C=N–C) groups is 1. The van der Waals surface area contributed by atoms with Gasteiger partial charge in [-0.3, -0.25) is 14.5 Å². The van der Waals surface area contributed by atoms with Gasteiger partial charge in [0.25, 0.3) is 15.9 Å². The van der Waals surface area contributed by atoms with E-state index in [1.54, 1.807) is 18.2 Å². The van der Waals surface area contributed by atoms with Gasteiger partial charge in [-0.2, -0.15) is 0 Å². The molecule has 1 aromatic rings. The minimum Gasteiger partial charge on any atom is -0.451 e. The average Bonchev–Trinajstić information content (AvgIpc) is 2.93. The molecular formula is C19H25N3O5S. The molecule has 0 bridgehead atoms. The van der Waals surface area contributed by atoms with Crippen LogP contribution in [-0.2, 0) is 24.3 Å². The molecule has 0 saturated carbocycles. The third-order valence-electron chi connectivity index (χ3n) is 4.44. The molecule has 0 unspecified atom stereocenters. The lowest BCUT2D eigenvalue weighted by molar-refractivity contribution is -0.156. The SMILES string of the molecule is C=CCNC(=O)[C@H](C)OC(=O)[C@@H](N=C1NS(=O)(=O)c2ccccc21)[C@@H](C)CC. The average molecular weight is 407 g/mol. The maximum Gasteiger partial charge on any atom is 0.332 e. The fraction of sp³-hybridized carbons (Fsp3) is 0.421. The Bertz CT molecular complexity index is 895. The first kappa shape index (κ1) is 21.6. The van der Waals surface area contributed by atoms with Gasteiger partial charge in [-0.25, -0.2) is 13.2 Å². The first-order valence-electron chi connectivity index (χ1n) is 9.00. The van der Waals surface area contributed by atoms with E-state index >= 15 is 0 Å². The second kappa shape index (κ2) is 9.01. The Morgan fingerprint density at radius 3 is 2.64 bits per heavy atom. The monoisotopic (exact) mass is 407 g/mol. The summed E-state index contributed by atoms with van der Waals surface area (Å²) in [5.41, 5.74) is 0.403. The molecule has 152 valence electrons. The van der Waals surface area contributed by atoms with Crippen molar-refractivity contribution >= 4 is 27.7 Å². The van der Waals surface area contributed by atoms with Crippen molar-refractivity contribution in [3.05, 3.63) is 42.5 Å². The molecule has 0 aliphatic carbocycles. The fourth-order valence-electron chi connectivity index (χ4n) is 2.62. The lowest BCUT2D eigenvalue weighted by Gasteiger charge is -2.21. The Balaban J connectivity index is 2.28. The normalized spacial score (nSPS) is 19.0. The highest BCUT2D eigenvalue weighted by molar-refractivity contribution is 7.90. The minimum absolute atomic E-state index is 0.0987. The van der Waals surface area contributed by atoms with E-state index in [0.717, 1.165) is 0 Å². The lowest BCUT2D eigenvalue weighted by Crippen LogP contribution is -2.40. The molecule has 8 nitrogen and oxygen atoms in total. The van der Waals surface area contributed by atoms with Crippen molar-refractivity contribution in [1.82, 2.24) is 10.0 Å². The molecule has 9 heteroatoms. The van der Waals surface area contributed by atoms with E-state index in [-0.39, 0.29) is 23.2 Å². The smallest absolute Gasteiger partial charge is 0.332 e. The Morgan fingerprint density at radius 1 is 1.32 bits per heavy atom. The number of sulfonamides is 1. The molecule has 28 heavy (non-hydrogen) atoms. The van der Waals surface area contributed by atoms with Crippen LogP contribution >= 0.6 is 0 Å². The van der Waals surface area contributed by atoms with Gasteiger partial charge >= 0.3 is 5.97 Å². The molecule has 0 aromatic heterocycles. The molecule has 1 heterocycles. The van der Waals surface area contributed by atoms with Crippen molar-refractivity contribution < 1.29 is 22.7 Å². The van der Waals surface area contributed by atoms with Crippen LogP contribution in [0.5, 0.6) is 0 Å². The van der Waals surface area contributed by atoms with Crippen LogP contribution in [0.15, 0.2) is 46.8 Å². The Labute approximate surface area is 165 Å². The Kier molecular flexibility index (Phi) is 6.95. The Hall–Kier alpha value is -2.68. The number of hydrogen-bond donors (Lipinski definition) is 2. The van der Waals surface area contributed by atoms with Gasteiger partial charge in [0, 0.05) is 12.1 Å². The van der Waals surface area contributed by atoms with Gasteiger partial charge in [-0.15, -0.1) is 6.58 Å². The third kappa shape index (κ3) is 4.78. The maximum atomic E-state index is 12.7. The van der Waals surface area contributed by atoms with Crippen LogP contribution in [0.4, 0.5) is 0 Å². The minimum atomic E-state index is -3.71. The number of amides is 1. The summed E-state index contributed by atoms with van der Waals surface area (Å²) in [5.74, 6) is -1.26. The standard InChI is InChI=1S/C19H25N3O5S/c1-5-11-20-18(23)13(4)27-19(24)16(12(3)6-2)21-17-14-9-7-8-10-15(14)28(25,26)22-17/h5,7-10,12-13,16H,1,6,11H2,2-4H3,(H,20,23)(H,21,22)/t12-,13-,16-/m0/s1. The summed E-state index contributed by atoms with van der Waals surface area (Å²) in [6, 6.07) is 5.45. The van der Waals surface area contributed by atoms with Crippen LogP contribution < -0.4 is 10.0 Å². The summed E-state index contributed by atoms with van der Waals surface area (Å²) in [7, 11) is -3.71. The highest BCUT2D eigenvalue weighted by Gasteiger charge is 2.34. The number of esters is 1. The van der Waals surface area contributed by atoms with Crippen LogP contribution in [0.1, 0.15) is 32.8 Å². The molecule has 1 aliphatic rings. The second-order valence-electron chi connectivity index (χ2n) is 6.52. The molecular weight excluding hydrogens is 382 g/mol. The molecule has 0 saturated heterocycles. The summed E-state index contributed by atoms with van der Waals surface area (Å²) >= 11 is 0. The first-order valence-corrected chi connectivity index (χ1v) is 10.5. The number of fused-ring (bicyclic) bond motifs is 1. The molecule has 2 rings (SSSR count). The highest BCUT2D eigenvalue weighted by atomic mass is 32.2. The molecule has 2 N–H and O–H groups in total. The van der Waals surface area contributed by atoms with Crippen molar-refractivity contribution in [2.45, 2.75) is 44.2 Å². The van der Waals surface area contributed by atoms with Crippen LogP contribution in [0.2, 0.25) is 0 Å². The van der Waals surface area contributed by atoms with Crippen LogP contribution in [0.3, 0.4) is 0 Å². The maximum absolute atomic E-state index is 12.7. The molecule has 0 fully saturated rings. The van der Waals surface area contributed by atoms with Crippen LogP contribution in [0.25, 0.3) is 0 Å². The number of rotatable bonds is 8. The highest BCUT2D eigenvalue weighted by Crippen LogP contribution is 2.24. The van der Waals surface area contributed by atoms with Crippen molar-refractivity contribution in [2.24, 2.45) is 10.9 Å². The summed E-state index contributed by atoms with van der Waals surface area (Å²) in [5, 5.41) is 2.55. The van der Waals surface area contributed by atoms with Gasteiger partial charge in [-0.1, -0.05) is 38.5 Å². The summed E-state index contributed by atoms with van der Waals surface area (Å²) in [4.78, 5) is 29.1. The number of amidine groups is 1. The largest absolute Gasteiger partial charge is 0.451 e. The van der Waals surface area contributed by atoms with Crippen molar-refractivity contribution in [2.75, 3.05) is 6.54 Å². The van der Waals surface area contributed by atoms with Crippen molar-refractivity contribution in [3.8, 4) is 0 Å². The number of nitrogens with zero attached hydrogens (tertiary/aromatic N) is 1.